The molecule has 0 aliphatic rings. The minimum absolute atomic E-state index is 0.678. The van der Waals surface area contributed by atoms with Crippen LogP contribution < -0.4 is 15.4 Å². The first-order chi connectivity index (χ1) is 10.1. The summed E-state index contributed by atoms with van der Waals surface area (Å²) in [7, 11) is 1.79. The van der Waals surface area contributed by atoms with Crippen molar-refractivity contribution in [1.82, 2.24) is 10.6 Å². The van der Waals surface area contributed by atoms with Gasteiger partial charge in [0, 0.05) is 25.7 Å². The van der Waals surface area contributed by atoms with E-state index >= 15 is 0 Å². The molecular formula is C17H29N3O. The molecule has 0 spiro atoms. The van der Waals surface area contributed by atoms with Crippen molar-refractivity contribution in [3.05, 3.63) is 29.3 Å². The predicted octanol–water partition coefficient (Wildman–Crippen LogP) is 3.10. The summed E-state index contributed by atoms with van der Waals surface area (Å²) < 4.78 is 5.70. The molecule has 0 atom stereocenters. The van der Waals surface area contributed by atoms with E-state index in [1.54, 1.807) is 7.05 Å². The van der Waals surface area contributed by atoms with Crippen LogP contribution in [0.5, 0.6) is 5.75 Å². The Morgan fingerprint density at radius 1 is 1.29 bits per heavy atom. The maximum Gasteiger partial charge on any atom is 0.191 e. The van der Waals surface area contributed by atoms with Crippen LogP contribution in [-0.2, 0) is 6.54 Å². The van der Waals surface area contributed by atoms with E-state index in [0.29, 0.717) is 19.1 Å². The second kappa shape index (κ2) is 9.27. The maximum atomic E-state index is 5.70. The van der Waals surface area contributed by atoms with E-state index in [2.05, 4.69) is 54.6 Å². The lowest BCUT2D eigenvalue weighted by molar-refractivity contribution is 0.336. The topological polar surface area (TPSA) is 45.6 Å². The van der Waals surface area contributed by atoms with E-state index < -0.39 is 0 Å². The molecular weight excluding hydrogens is 262 g/mol. The van der Waals surface area contributed by atoms with Crippen molar-refractivity contribution in [2.75, 3.05) is 20.2 Å². The molecule has 4 heteroatoms. The third kappa shape index (κ3) is 6.52. The Morgan fingerprint density at radius 3 is 2.67 bits per heavy atom. The van der Waals surface area contributed by atoms with Crippen LogP contribution in [0, 0.1) is 12.8 Å². The van der Waals surface area contributed by atoms with Crippen LogP contribution in [0.1, 0.15) is 38.3 Å². The highest BCUT2D eigenvalue weighted by Crippen LogP contribution is 2.20. The van der Waals surface area contributed by atoms with Gasteiger partial charge in [-0.15, -0.1) is 0 Å². The molecule has 1 aromatic carbocycles. The second-order valence-corrected chi connectivity index (χ2v) is 5.58. The molecule has 0 aliphatic heterocycles. The van der Waals surface area contributed by atoms with Gasteiger partial charge in [-0.1, -0.05) is 26.0 Å². The number of guanidine groups is 1. The SMILES string of the molecule is CCOc1cc(C)ccc1CNC(=NC)NCCC(C)C. The van der Waals surface area contributed by atoms with Gasteiger partial charge in [-0.25, -0.2) is 0 Å². The lowest BCUT2D eigenvalue weighted by Crippen LogP contribution is -2.37. The molecule has 0 saturated carbocycles. The van der Waals surface area contributed by atoms with E-state index in [9.17, 15) is 0 Å². The number of nitrogens with one attached hydrogen (secondary N) is 2. The summed E-state index contributed by atoms with van der Waals surface area (Å²) in [5, 5.41) is 6.67. The first kappa shape index (κ1) is 17.3. The molecule has 0 amide bonds. The normalized spacial score (nSPS) is 11.6. The van der Waals surface area contributed by atoms with Crippen LogP contribution in [0.4, 0.5) is 0 Å². The van der Waals surface area contributed by atoms with Crippen LogP contribution in [0.15, 0.2) is 23.2 Å². The molecule has 0 bridgehead atoms. The first-order valence-electron chi connectivity index (χ1n) is 7.73. The zero-order chi connectivity index (χ0) is 15.7. The van der Waals surface area contributed by atoms with Crippen LogP contribution in [0.25, 0.3) is 0 Å². The number of aryl methyl sites for hydroxylation is 1. The molecule has 0 aliphatic carbocycles. The van der Waals surface area contributed by atoms with Crippen molar-refractivity contribution in [3.8, 4) is 5.75 Å². The van der Waals surface area contributed by atoms with Crippen molar-refractivity contribution in [2.24, 2.45) is 10.9 Å². The summed E-state index contributed by atoms with van der Waals surface area (Å²) >= 11 is 0. The largest absolute Gasteiger partial charge is 0.494 e. The predicted molar refractivity (Wildman–Crippen MR) is 90.0 cm³/mol. The van der Waals surface area contributed by atoms with Gasteiger partial charge in [0.05, 0.1) is 6.61 Å². The number of rotatable bonds is 7. The molecule has 0 heterocycles. The van der Waals surface area contributed by atoms with Gasteiger partial charge < -0.3 is 15.4 Å². The van der Waals surface area contributed by atoms with Crippen LogP contribution in [0.3, 0.4) is 0 Å². The van der Waals surface area contributed by atoms with Gasteiger partial charge >= 0.3 is 0 Å². The summed E-state index contributed by atoms with van der Waals surface area (Å²) in [6, 6.07) is 6.29. The molecule has 0 radical (unpaired) electrons. The van der Waals surface area contributed by atoms with Crippen molar-refractivity contribution in [1.29, 1.82) is 0 Å². The molecule has 0 aromatic heterocycles. The molecule has 4 nitrogen and oxygen atoms in total. The smallest absolute Gasteiger partial charge is 0.191 e. The third-order valence-corrected chi connectivity index (χ3v) is 3.21. The zero-order valence-corrected chi connectivity index (χ0v) is 14.0. The fraction of sp³-hybridized carbons (Fsp3) is 0.588. The Balaban J connectivity index is 2.56. The molecule has 0 saturated heterocycles. The van der Waals surface area contributed by atoms with Gasteiger partial charge in [0.15, 0.2) is 5.96 Å². The minimum atomic E-state index is 0.678. The second-order valence-electron chi connectivity index (χ2n) is 5.58. The Morgan fingerprint density at radius 2 is 2.05 bits per heavy atom. The lowest BCUT2D eigenvalue weighted by atomic mass is 10.1. The molecule has 0 unspecified atom stereocenters. The lowest BCUT2D eigenvalue weighted by Gasteiger charge is -2.15. The molecule has 118 valence electrons. The molecule has 1 rings (SSSR count). The molecule has 21 heavy (non-hydrogen) atoms. The average molecular weight is 291 g/mol. The Labute approximate surface area is 129 Å². The molecule has 1 aromatic rings. The van der Waals surface area contributed by atoms with Gasteiger partial charge in [0.2, 0.25) is 0 Å². The summed E-state index contributed by atoms with van der Waals surface area (Å²) in [5.41, 5.74) is 2.36. The van der Waals surface area contributed by atoms with E-state index in [4.69, 9.17) is 4.74 Å². The number of nitrogens with zero attached hydrogens (tertiary/aromatic N) is 1. The number of ether oxygens (including phenoxy) is 1. The Kier molecular flexibility index (Phi) is 7.65. The maximum absolute atomic E-state index is 5.70. The third-order valence-electron chi connectivity index (χ3n) is 3.21. The number of hydrogen-bond donors (Lipinski definition) is 2. The van der Waals surface area contributed by atoms with E-state index in [1.165, 1.54) is 5.56 Å². The van der Waals surface area contributed by atoms with Crippen molar-refractivity contribution in [3.63, 3.8) is 0 Å². The average Bonchev–Trinajstić information content (AvgIpc) is 2.44. The van der Waals surface area contributed by atoms with Crippen LogP contribution in [0.2, 0.25) is 0 Å². The summed E-state index contributed by atoms with van der Waals surface area (Å²) in [4.78, 5) is 4.25. The van der Waals surface area contributed by atoms with Gasteiger partial charge in [-0.2, -0.15) is 0 Å². The summed E-state index contributed by atoms with van der Waals surface area (Å²) in [5.74, 6) is 2.47. The monoisotopic (exact) mass is 291 g/mol. The van der Waals surface area contributed by atoms with Crippen LogP contribution in [-0.4, -0.2) is 26.2 Å². The van der Waals surface area contributed by atoms with Gasteiger partial charge in [-0.05, 0) is 37.8 Å². The van der Waals surface area contributed by atoms with Crippen molar-refractivity contribution in [2.45, 2.75) is 40.7 Å². The highest BCUT2D eigenvalue weighted by atomic mass is 16.5. The van der Waals surface area contributed by atoms with Crippen molar-refractivity contribution < 1.29 is 4.74 Å². The van der Waals surface area contributed by atoms with Crippen LogP contribution >= 0.6 is 0 Å². The van der Waals surface area contributed by atoms with E-state index in [1.807, 2.05) is 6.92 Å². The van der Waals surface area contributed by atoms with E-state index in [0.717, 1.165) is 30.2 Å². The van der Waals surface area contributed by atoms with Crippen molar-refractivity contribution >= 4 is 5.96 Å². The quantitative estimate of drug-likeness (QED) is 0.599. The Bertz CT molecular complexity index is 455. The number of benzene rings is 1. The Hall–Kier alpha value is -1.71. The standard InChI is InChI=1S/C17H29N3O/c1-6-21-16-11-14(4)7-8-15(16)12-20-17(18-5)19-10-9-13(2)3/h7-8,11,13H,6,9-10,12H2,1-5H3,(H2,18,19,20). The molecule has 0 fully saturated rings. The summed E-state index contributed by atoms with van der Waals surface area (Å²) in [6.45, 7) is 10.8. The highest BCUT2D eigenvalue weighted by Gasteiger charge is 2.05. The van der Waals surface area contributed by atoms with Gasteiger partial charge in [0.25, 0.3) is 0 Å². The van der Waals surface area contributed by atoms with Gasteiger partial charge in [0.1, 0.15) is 5.75 Å². The summed E-state index contributed by atoms with van der Waals surface area (Å²) in [6.07, 6.45) is 1.13. The minimum Gasteiger partial charge on any atom is -0.494 e. The van der Waals surface area contributed by atoms with E-state index in [-0.39, 0.29) is 0 Å². The number of aliphatic imine (C=N–C) groups is 1. The molecule has 2 N–H and O–H groups in total. The number of hydrogen-bond acceptors (Lipinski definition) is 2. The fourth-order valence-electron chi connectivity index (χ4n) is 1.98. The van der Waals surface area contributed by atoms with Gasteiger partial charge in [-0.3, -0.25) is 4.99 Å². The highest BCUT2D eigenvalue weighted by molar-refractivity contribution is 5.79. The fourth-order valence-corrected chi connectivity index (χ4v) is 1.98. The first-order valence-corrected chi connectivity index (χ1v) is 7.73. The zero-order valence-electron chi connectivity index (χ0n) is 14.0.